The van der Waals surface area contributed by atoms with Gasteiger partial charge in [-0.05, 0) is 56.0 Å². The lowest BCUT2D eigenvalue weighted by atomic mass is 10.1. The molecule has 2 aromatic carbocycles. The summed E-state index contributed by atoms with van der Waals surface area (Å²) >= 11 is 0. The minimum absolute atomic E-state index is 0.0547. The van der Waals surface area contributed by atoms with Crippen molar-refractivity contribution in [1.29, 1.82) is 0 Å². The Morgan fingerprint density at radius 3 is 2.52 bits per heavy atom. The van der Waals surface area contributed by atoms with E-state index in [9.17, 15) is 13.2 Å². The van der Waals surface area contributed by atoms with E-state index in [2.05, 4.69) is 10.0 Å². The largest absolute Gasteiger partial charge is 0.494 e. The standard InChI is InChI=1S/C21H28N2O5S/c1-3-28-20-11-10-18(14-16(20)2)29(26,27)23-19(21(25)22-12-7-13-24)15-17-8-5-4-6-9-17/h4-6,8-11,14,19,23-24H,3,7,12-13,15H2,1-2H3,(H,22,25)/t19-/m0/s1. The number of sulfonamides is 1. The van der Waals surface area contributed by atoms with Gasteiger partial charge in [-0.25, -0.2) is 8.42 Å². The number of nitrogens with one attached hydrogen (secondary N) is 2. The average Bonchev–Trinajstić information content (AvgIpc) is 2.70. The number of amides is 1. The highest BCUT2D eigenvalue weighted by molar-refractivity contribution is 7.89. The van der Waals surface area contributed by atoms with Gasteiger partial charge in [-0.2, -0.15) is 4.72 Å². The Kier molecular flexibility index (Phi) is 8.63. The summed E-state index contributed by atoms with van der Waals surface area (Å²) in [6, 6.07) is 12.8. The quantitative estimate of drug-likeness (QED) is 0.481. The van der Waals surface area contributed by atoms with Gasteiger partial charge in [0.1, 0.15) is 11.8 Å². The molecule has 2 aromatic rings. The summed E-state index contributed by atoms with van der Waals surface area (Å²) in [4.78, 5) is 12.7. The lowest BCUT2D eigenvalue weighted by molar-refractivity contribution is -0.122. The maximum Gasteiger partial charge on any atom is 0.241 e. The second kappa shape index (κ2) is 10.9. The molecule has 1 amide bonds. The van der Waals surface area contributed by atoms with Crippen molar-refractivity contribution < 1.29 is 23.1 Å². The van der Waals surface area contributed by atoms with E-state index in [0.717, 1.165) is 5.56 Å². The number of carbonyl (C=O) groups is 1. The molecule has 8 heteroatoms. The first-order chi connectivity index (χ1) is 13.9. The van der Waals surface area contributed by atoms with Crippen molar-refractivity contribution >= 4 is 15.9 Å². The first-order valence-electron chi connectivity index (χ1n) is 9.55. The fraction of sp³-hybridized carbons (Fsp3) is 0.381. The van der Waals surface area contributed by atoms with E-state index in [1.807, 2.05) is 37.3 Å². The number of hydrogen-bond donors (Lipinski definition) is 3. The van der Waals surface area contributed by atoms with Crippen LogP contribution in [0.2, 0.25) is 0 Å². The Bertz CT molecular complexity index is 901. The van der Waals surface area contributed by atoms with E-state index >= 15 is 0 Å². The molecule has 2 rings (SSSR count). The van der Waals surface area contributed by atoms with Crippen LogP contribution in [0.15, 0.2) is 53.4 Å². The molecule has 0 aliphatic heterocycles. The van der Waals surface area contributed by atoms with Gasteiger partial charge < -0.3 is 15.2 Å². The van der Waals surface area contributed by atoms with Crippen LogP contribution in [0, 0.1) is 6.92 Å². The Hall–Kier alpha value is -2.42. The Balaban J connectivity index is 2.23. The number of aryl methyl sites for hydroxylation is 1. The van der Waals surface area contributed by atoms with Gasteiger partial charge in [-0.1, -0.05) is 30.3 Å². The van der Waals surface area contributed by atoms with E-state index < -0.39 is 22.0 Å². The molecule has 0 saturated carbocycles. The van der Waals surface area contributed by atoms with E-state index in [4.69, 9.17) is 9.84 Å². The summed E-state index contributed by atoms with van der Waals surface area (Å²) < 4.78 is 33.8. The van der Waals surface area contributed by atoms with Crippen LogP contribution in [-0.4, -0.2) is 45.2 Å². The van der Waals surface area contributed by atoms with E-state index in [0.29, 0.717) is 24.3 Å². The molecule has 0 aromatic heterocycles. The van der Waals surface area contributed by atoms with Crippen molar-refractivity contribution in [3.63, 3.8) is 0 Å². The van der Waals surface area contributed by atoms with Crippen LogP contribution in [0.3, 0.4) is 0 Å². The third-order valence-corrected chi connectivity index (χ3v) is 5.76. The number of ether oxygens (including phenoxy) is 1. The van der Waals surface area contributed by atoms with Gasteiger partial charge in [0, 0.05) is 13.2 Å². The molecule has 0 fully saturated rings. The summed E-state index contributed by atoms with van der Waals surface area (Å²) in [5.41, 5.74) is 1.53. The summed E-state index contributed by atoms with van der Waals surface area (Å²) in [6.45, 7) is 4.33. The zero-order chi connectivity index (χ0) is 21.3. The first-order valence-corrected chi connectivity index (χ1v) is 11.0. The lowest BCUT2D eigenvalue weighted by Crippen LogP contribution is -2.48. The van der Waals surface area contributed by atoms with Crippen LogP contribution >= 0.6 is 0 Å². The Morgan fingerprint density at radius 2 is 1.90 bits per heavy atom. The monoisotopic (exact) mass is 420 g/mol. The highest BCUT2D eigenvalue weighted by atomic mass is 32.2. The highest BCUT2D eigenvalue weighted by Gasteiger charge is 2.26. The molecule has 0 bridgehead atoms. The Labute approximate surface area is 172 Å². The van der Waals surface area contributed by atoms with E-state index in [1.165, 1.54) is 12.1 Å². The van der Waals surface area contributed by atoms with Crippen molar-refractivity contribution in [2.45, 2.75) is 37.6 Å². The molecule has 158 valence electrons. The molecular weight excluding hydrogens is 392 g/mol. The molecule has 0 unspecified atom stereocenters. The molecular formula is C21H28N2O5S. The molecule has 0 spiro atoms. The number of carbonyl (C=O) groups excluding carboxylic acids is 1. The third-order valence-electron chi connectivity index (χ3n) is 4.29. The lowest BCUT2D eigenvalue weighted by Gasteiger charge is -2.19. The SMILES string of the molecule is CCOc1ccc(S(=O)(=O)N[C@@H](Cc2ccccc2)C(=O)NCCCO)cc1C. The van der Waals surface area contributed by atoms with E-state index in [-0.39, 0.29) is 24.5 Å². The molecule has 7 nitrogen and oxygen atoms in total. The van der Waals surface area contributed by atoms with Crippen molar-refractivity contribution in [2.24, 2.45) is 0 Å². The van der Waals surface area contributed by atoms with Crippen molar-refractivity contribution in [1.82, 2.24) is 10.0 Å². The zero-order valence-corrected chi connectivity index (χ0v) is 17.5. The molecule has 3 N–H and O–H groups in total. The fourth-order valence-electron chi connectivity index (χ4n) is 2.81. The topological polar surface area (TPSA) is 105 Å². The average molecular weight is 421 g/mol. The van der Waals surface area contributed by atoms with Gasteiger partial charge >= 0.3 is 0 Å². The summed E-state index contributed by atoms with van der Waals surface area (Å²) in [6.07, 6.45) is 0.607. The summed E-state index contributed by atoms with van der Waals surface area (Å²) in [7, 11) is -3.93. The van der Waals surface area contributed by atoms with Crippen LogP contribution in [0.1, 0.15) is 24.5 Å². The van der Waals surface area contributed by atoms with Crippen LogP contribution < -0.4 is 14.8 Å². The van der Waals surface area contributed by atoms with Crippen molar-refractivity contribution in [2.75, 3.05) is 19.8 Å². The number of rotatable bonds is 11. The minimum Gasteiger partial charge on any atom is -0.494 e. The van der Waals surface area contributed by atoms with Crippen LogP contribution in [-0.2, 0) is 21.2 Å². The van der Waals surface area contributed by atoms with Gasteiger partial charge in [0.25, 0.3) is 0 Å². The maximum absolute atomic E-state index is 12.9. The summed E-state index contributed by atoms with van der Waals surface area (Å²) in [5.74, 6) is 0.183. The normalized spacial score (nSPS) is 12.4. The Morgan fingerprint density at radius 1 is 1.17 bits per heavy atom. The van der Waals surface area contributed by atoms with Gasteiger partial charge in [0.15, 0.2) is 0 Å². The molecule has 0 radical (unpaired) electrons. The highest BCUT2D eigenvalue weighted by Crippen LogP contribution is 2.22. The van der Waals surface area contributed by atoms with Crippen LogP contribution in [0.25, 0.3) is 0 Å². The van der Waals surface area contributed by atoms with Crippen LogP contribution in [0.5, 0.6) is 5.75 Å². The first kappa shape index (κ1) is 22.9. The van der Waals surface area contributed by atoms with Gasteiger partial charge in [0.05, 0.1) is 11.5 Å². The van der Waals surface area contributed by atoms with E-state index in [1.54, 1.807) is 13.0 Å². The second-order valence-corrected chi connectivity index (χ2v) is 8.31. The third kappa shape index (κ3) is 6.85. The molecule has 0 aliphatic rings. The zero-order valence-electron chi connectivity index (χ0n) is 16.7. The van der Waals surface area contributed by atoms with Crippen molar-refractivity contribution in [3.8, 4) is 5.75 Å². The second-order valence-electron chi connectivity index (χ2n) is 6.59. The smallest absolute Gasteiger partial charge is 0.241 e. The molecule has 0 aliphatic carbocycles. The molecule has 0 saturated heterocycles. The fourth-order valence-corrected chi connectivity index (χ4v) is 4.09. The predicted octanol–water partition coefficient (Wildman–Crippen LogP) is 1.78. The van der Waals surface area contributed by atoms with Crippen molar-refractivity contribution in [3.05, 3.63) is 59.7 Å². The van der Waals surface area contributed by atoms with Gasteiger partial charge in [-0.15, -0.1) is 0 Å². The van der Waals surface area contributed by atoms with Gasteiger partial charge in [-0.3, -0.25) is 4.79 Å². The number of aliphatic hydroxyl groups excluding tert-OH is 1. The molecule has 1 atom stereocenters. The summed E-state index contributed by atoms with van der Waals surface area (Å²) in [5, 5.41) is 11.6. The van der Waals surface area contributed by atoms with Crippen LogP contribution in [0.4, 0.5) is 0 Å². The number of benzene rings is 2. The number of hydrogen-bond acceptors (Lipinski definition) is 5. The predicted molar refractivity (Wildman–Crippen MR) is 111 cm³/mol. The van der Waals surface area contributed by atoms with Gasteiger partial charge in [0.2, 0.25) is 15.9 Å². The molecule has 0 heterocycles. The minimum atomic E-state index is -3.93. The molecule has 29 heavy (non-hydrogen) atoms. The number of aliphatic hydroxyl groups is 1. The maximum atomic E-state index is 12.9.